The van der Waals surface area contributed by atoms with Crippen molar-refractivity contribution < 1.29 is 14.7 Å². The molecule has 1 saturated carbocycles. The van der Waals surface area contributed by atoms with Gasteiger partial charge in [0, 0.05) is 12.8 Å². The number of alkyl halides is 1. The lowest BCUT2D eigenvalue weighted by atomic mass is 9.75. The van der Waals surface area contributed by atoms with Crippen LogP contribution in [0.2, 0.25) is 0 Å². The van der Waals surface area contributed by atoms with E-state index in [-0.39, 0.29) is 18.3 Å². The van der Waals surface area contributed by atoms with Gasteiger partial charge in [0.05, 0.1) is 0 Å². The van der Waals surface area contributed by atoms with Crippen molar-refractivity contribution in [3.05, 3.63) is 0 Å². The zero-order chi connectivity index (χ0) is 9.57. The molecule has 12 heavy (non-hydrogen) atoms. The van der Waals surface area contributed by atoms with E-state index in [1.54, 1.807) is 13.8 Å². The Hall–Kier alpha value is -0.410. The maximum atomic E-state index is 11.1. The fraction of sp³-hybridized carbons (Fsp3) is 0.750. The van der Waals surface area contributed by atoms with E-state index in [1.807, 2.05) is 0 Å². The van der Waals surface area contributed by atoms with Crippen LogP contribution >= 0.6 is 11.6 Å². The van der Waals surface area contributed by atoms with Crippen molar-refractivity contribution in [2.24, 2.45) is 5.41 Å². The molecule has 0 aromatic heterocycles. The summed E-state index contributed by atoms with van der Waals surface area (Å²) < 4.78 is 0. The van der Waals surface area contributed by atoms with Crippen molar-refractivity contribution in [1.29, 1.82) is 0 Å². The fourth-order valence-corrected chi connectivity index (χ4v) is 1.46. The highest BCUT2D eigenvalue weighted by Gasteiger charge is 2.49. The predicted octanol–water partition coefficient (Wildman–Crippen LogP) is 0.872. The lowest BCUT2D eigenvalue weighted by Crippen LogP contribution is -2.49. The van der Waals surface area contributed by atoms with E-state index in [4.69, 9.17) is 11.6 Å². The third-order valence-corrected chi connectivity index (χ3v) is 2.44. The predicted molar refractivity (Wildman–Crippen MR) is 43.8 cm³/mol. The largest absolute Gasteiger partial charge is 0.363 e. The molecule has 0 atom stereocenters. The lowest BCUT2D eigenvalue weighted by Gasteiger charge is -2.33. The van der Waals surface area contributed by atoms with E-state index in [0.29, 0.717) is 0 Å². The van der Waals surface area contributed by atoms with Gasteiger partial charge in [0.2, 0.25) is 0 Å². The number of halogens is 1. The minimum Gasteiger partial charge on any atom is -0.363 e. The van der Waals surface area contributed by atoms with Gasteiger partial charge >= 0.3 is 0 Å². The van der Waals surface area contributed by atoms with Crippen LogP contribution in [0.4, 0.5) is 0 Å². The quantitative estimate of drug-likeness (QED) is 0.456. The number of hydrogen-bond donors (Lipinski definition) is 1. The normalized spacial score (nSPS) is 27.3. The third-order valence-electron chi connectivity index (χ3n) is 2.02. The first-order valence-electron chi connectivity index (χ1n) is 3.74. The highest BCUT2D eigenvalue weighted by Crippen LogP contribution is 2.37. The topological polar surface area (TPSA) is 54.4 Å². The molecule has 1 N–H and O–H groups in total. The Kier molecular flexibility index (Phi) is 2.05. The number of carbonyl (C=O) groups excluding carboxylic acids is 2. The van der Waals surface area contributed by atoms with Crippen LogP contribution < -0.4 is 0 Å². The molecule has 0 aromatic carbocycles. The Bertz CT molecular complexity index is 221. The molecular formula is C8H11ClO3. The van der Waals surface area contributed by atoms with Crippen molar-refractivity contribution in [3.8, 4) is 0 Å². The molecule has 1 fully saturated rings. The smallest absolute Gasteiger partial charge is 0.257 e. The molecule has 0 aliphatic heterocycles. The second-order valence-corrected chi connectivity index (χ2v) is 4.53. The van der Waals surface area contributed by atoms with Crippen molar-refractivity contribution in [1.82, 2.24) is 0 Å². The van der Waals surface area contributed by atoms with Gasteiger partial charge in [0.25, 0.3) is 5.06 Å². The van der Waals surface area contributed by atoms with Crippen LogP contribution in [0, 0.1) is 5.41 Å². The average Bonchev–Trinajstić information content (AvgIpc) is 1.82. The molecule has 1 aliphatic carbocycles. The number of carbonyl (C=O) groups is 2. The van der Waals surface area contributed by atoms with E-state index >= 15 is 0 Å². The van der Waals surface area contributed by atoms with Crippen LogP contribution in [0.1, 0.15) is 26.7 Å². The zero-order valence-electron chi connectivity index (χ0n) is 7.06. The minimum absolute atomic E-state index is 0.152. The summed E-state index contributed by atoms with van der Waals surface area (Å²) in [4.78, 5) is 22.3. The maximum absolute atomic E-state index is 11.1. The number of Topliss-reactive ketones (excluding diaryl/α,β-unsaturated/α-hetero) is 2. The van der Waals surface area contributed by atoms with Gasteiger partial charge in [0.1, 0.15) is 0 Å². The highest BCUT2D eigenvalue weighted by molar-refractivity contribution is 6.45. The Morgan fingerprint density at radius 3 is 1.92 bits per heavy atom. The number of ketones is 2. The van der Waals surface area contributed by atoms with Crippen LogP contribution in [-0.4, -0.2) is 21.7 Å². The van der Waals surface area contributed by atoms with E-state index in [0.717, 1.165) is 0 Å². The van der Waals surface area contributed by atoms with Crippen LogP contribution in [0.3, 0.4) is 0 Å². The van der Waals surface area contributed by atoms with Gasteiger partial charge in [-0.3, -0.25) is 9.59 Å². The number of hydrogen-bond acceptors (Lipinski definition) is 3. The SMILES string of the molecule is CC1(C)CC(=O)C(O)(Cl)C(=O)C1. The second-order valence-electron chi connectivity index (χ2n) is 3.99. The molecule has 1 aliphatic rings. The Labute approximate surface area is 75.7 Å². The first-order chi connectivity index (χ1) is 5.26. The average molecular weight is 191 g/mol. The van der Waals surface area contributed by atoms with Crippen LogP contribution in [0.15, 0.2) is 0 Å². The molecule has 0 unspecified atom stereocenters. The van der Waals surface area contributed by atoms with E-state index < -0.39 is 16.6 Å². The first kappa shape index (κ1) is 9.68. The third kappa shape index (κ3) is 1.52. The molecule has 4 heteroatoms. The summed E-state index contributed by atoms with van der Waals surface area (Å²) >= 11 is 5.36. The summed E-state index contributed by atoms with van der Waals surface area (Å²) in [7, 11) is 0. The molecule has 0 aromatic rings. The van der Waals surface area contributed by atoms with Gasteiger partial charge in [0.15, 0.2) is 11.6 Å². The van der Waals surface area contributed by atoms with E-state index in [2.05, 4.69) is 0 Å². The molecular weight excluding hydrogens is 180 g/mol. The van der Waals surface area contributed by atoms with Gasteiger partial charge in [-0.15, -0.1) is 0 Å². The van der Waals surface area contributed by atoms with Gasteiger partial charge in [-0.25, -0.2) is 0 Å². The number of aliphatic hydroxyl groups is 1. The molecule has 3 nitrogen and oxygen atoms in total. The molecule has 0 radical (unpaired) electrons. The minimum atomic E-state index is -2.25. The molecule has 0 amide bonds. The van der Waals surface area contributed by atoms with Gasteiger partial charge in [-0.05, 0) is 5.41 Å². The summed E-state index contributed by atoms with van der Waals surface area (Å²) in [6, 6.07) is 0. The van der Waals surface area contributed by atoms with Crippen molar-refractivity contribution in [3.63, 3.8) is 0 Å². The van der Waals surface area contributed by atoms with Crippen molar-refractivity contribution in [2.75, 3.05) is 0 Å². The molecule has 0 bridgehead atoms. The van der Waals surface area contributed by atoms with Crippen LogP contribution in [0.5, 0.6) is 0 Å². The molecule has 0 heterocycles. The van der Waals surface area contributed by atoms with Gasteiger partial charge in [-0.2, -0.15) is 0 Å². The zero-order valence-corrected chi connectivity index (χ0v) is 7.81. The van der Waals surface area contributed by atoms with Crippen molar-refractivity contribution in [2.45, 2.75) is 31.7 Å². The van der Waals surface area contributed by atoms with E-state index in [9.17, 15) is 14.7 Å². The summed E-state index contributed by atoms with van der Waals surface area (Å²) in [6.45, 7) is 3.60. The number of rotatable bonds is 0. The monoisotopic (exact) mass is 190 g/mol. The van der Waals surface area contributed by atoms with Crippen molar-refractivity contribution >= 4 is 23.2 Å². The molecule has 1 rings (SSSR count). The van der Waals surface area contributed by atoms with Gasteiger partial charge in [-0.1, -0.05) is 25.4 Å². The van der Waals surface area contributed by atoms with Crippen LogP contribution in [0.25, 0.3) is 0 Å². The lowest BCUT2D eigenvalue weighted by molar-refractivity contribution is -0.149. The Morgan fingerprint density at radius 2 is 1.58 bits per heavy atom. The summed E-state index contributed by atoms with van der Waals surface area (Å²) in [5, 5.41) is 6.96. The van der Waals surface area contributed by atoms with Crippen LogP contribution in [-0.2, 0) is 9.59 Å². The highest BCUT2D eigenvalue weighted by atomic mass is 35.5. The summed E-state index contributed by atoms with van der Waals surface area (Å²) in [5.41, 5.74) is -0.366. The molecule has 68 valence electrons. The molecule has 0 saturated heterocycles. The summed E-state index contributed by atoms with van der Waals surface area (Å²) in [6.07, 6.45) is 0.303. The van der Waals surface area contributed by atoms with E-state index in [1.165, 1.54) is 0 Å². The Balaban J connectivity index is 2.93. The summed E-state index contributed by atoms with van der Waals surface area (Å²) in [5.74, 6) is -1.18. The maximum Gasteiger partial charge on any atom is 0.257 e. The first-order valence-corrected chi connectivity index (χ1v) is 4.11. The second kappa shape index (κ2) is 2.54. The standard InChI is InChI=1S/C8H11ClO3/c1-7(2)3-5(10)8(9,12)6(11)4-7/h12H,3-4H2,1-2H3. The van der Waals surface area contributed by atoms with Gasteiger partial charge < -0.3 is 5.11 Å². The molecule has 0 spiro atoms. The Morgan fingerprint density at radius 1 is 1.25 bits per heavy atom. The fourth-order valence-electron chi connectivity index (χ4n) is 1.32.